The monoisotopic (exact) mass is 239 g/mol. The molecule has 1 aliphatic carbocycles. The second kappa shape index (κ2) is 5.67. The summed E-state index contributed by atoms with van der Waals surface area (Å²) in [6, 6.07) is 8.51. The second-order valence-electron chi connectivity index (χ2n) is 4.40. The van der Waals surface area contributed by atoms with E-state index in [0.29, 0.717) is 6.04 Å². The number of hydrogen-bond acceptors (Lipinski definition) is 2. The van der Waals surface area contributed by atoms with Crippen LogP contribution < -0.4 is 5.32 Å². The molecule has 1 aliphatic rings. The predicted molar refractivity (Wildman–Crippen MR) is 66.6 cm³/mol. The minimum absolute atomic E-state index is 0.255. The zero-order chi connectivity index (χ0) is 11.4. The Labute approximate surface area is 102 Å². The summed E-state index contributed by atoms with van der Waals surface area (Å²) >= 11 is 5.88. The summed E-state index contributed by atoms with van der Waals surface area (Å²) < 4.78 is 0. The van der Waals surface area contributed by atoms with Crippen molar-refractivity contribution in [3.63, 3.8) is 0 Å². The highest BCUT2D eigenvalue weighted by molar-refractivity contribution is 6.30. The predicted octanol–water partition coefficient (Wildman–Crippen LogP) is 2.76. The molecule has 3 heteroatoms. The number of aliphatic hydroxyl groups is 1. The SMILES string of the molecule is OCCCNC(c1ccc(Cl)cc1)C1CC1. The molecule has 88 valence electrons. The Morgan fingerprint density at radius 3 is 2.56 bits per heavy atom. The lowest BCUT2D eigenvalue weighted by Gasteiger charge is -2.18. The fraction of sp³-hybridized carbons (Fsp3) is 0.538. The van der Waals surface area contributed by atoms with Gasteiger partial charge in [0.1, 0.15) is 0 Å². The van der Waals surface area contributed by atoms with Crippen molar-refractivity contribution in [3.8, 4) is 0 Å². The average Bonchev–Trinajstić information content (AvgIpc) is 3.10. The van der Waals surface area contributed by atoms with Gasteiger partial charge in [-0.15, -0.1) is 0 Å². The van der Waals surface area contributed by atoms with E-state index in [2.05, 4.69) is 17.4 Å². The number of nitrogens with one attached hydrogen (secondary N) is 1. The standard InChI is InChI=1S/C13H18ClNO/c14-12-6-4-11(5-7-12)13(10-2-3-10)15-8-1-9-16/h4-7,10,13,15-16H,1-3,8-9H2. The Morgan fingerprint density at radius 1 is 1.31 bits per heavy atom. The first-order valence-corrected chi connectivity index (χ1v) is 6.29. The van der Waals surface area contributed by atoms with Crippen LogP contribution in [0.5, 0.6) is 0 Å². The third-order valence-electron chi connectivity index (χ3n) is 3.02. The quantitative estimate of drug-likeness (QED) is 0.749. The highest BCUT2D eigenvalue weighted by Gasteiger charge is 2.31. The summed E-state index contributed by atoms with van der Waals surface area (Å²) in [5.41, 5.74) is 1.31. The van der Waals surface area contributed by atoms with Gasteiger partial charge in [-0.25, -0.2) is 0 Å². The zero-order valence-electron chi connectivity index (χ0n) is 9.32. The van der Waals surface area contributed by atoms with E-state index in [9.17, 15) is 0 Å². The van der Waals surface area contributed by atoms with Crippen molar-refractivity contribution in [2.24, 2.45) is 5.92 Å². The van der Waals surface area contributed by atoms with E-state index in [-0.39, 0.29) is 6.61 Å². The highest BCUT2D eigenvalue weighted by Crippen LogP contribution is 2.41. The summed E-state index contributed by atoms with van der Waals surface area (Å²) in [5.74, 6) is 0.764. The maximum atomic E-state index is 8.78. The number of aliphatic hydroxyl groups excluding tert-OH is 1. The third-order valence-corrected chi connectivity index (χ3v) is 3.27. The van der Waals surface area contributed by atoms with Crippen molar-refractivity contribution >= 4 is 11.6 Å². The third kappa shape index (κ3) is 3.21. The van der Waals surface area contributed by atoms with Crippen LogP contribution in [-0.2, 0) is 0 Å². The van der Waals surface area contributed by atoms with Crippen molar-refractivity contribution in [3.05, 3.63) is 34.9 Å². The van der Waals surface area contributed by atoms with Gasteiger partial charge >= 0.3 is 0 Å². The van der Waals surface area contributed by atoms with Crippen LogP contribution in [0.1, 0.15) is 30.9 Å². The van der Waals surface area contributed by atoms with Crippen LogP contribution in [0, 0.1) is 5.92 Å². The molecule has 0 aromatic heterocycles. The van der Waals surface area contributed by atoms with Gasteiger partial charge in [-0.3, -0.25) is 0 Å². The fourth-order valence-corrected chi connectivity index (χ4v) is 2.12. The maximum Gasteiger partial charge on any atom is 0.0443 e. The number of halogens is 1. The zero-order valence-corrected chi connectivity index (χ0v) is 10.1. The molecule has 0 heterocycles. The topological polar surface area (TPSA) is 32.3 Å². The van der Waals surface area contributed by atoms with Gasteiger partial charge in [-0.1, -0.05) is 23.7 Å². The molecule has 16 heavy (non-hydrogen) atoms. The Morgan fingerprint density at radius 2 is 2.00 bits per heavy atom. The molecule has 1 aromatic rings. The summed E-state index contributed by atoms with van der Waals surface area (Å²) in [4.78, 5) is 0. The van der Waals surface area contributed by atoms with Crippen LogP contribution in [0.2, 0.25) is 5.02 Å². The van der Waals surface area contributed by atoms with Gasteiger partial charge in [0.05, 0.1) is 0 Å². The molecule has 0 spiro atoms. The summed E-state index contributed by atoms with van der Waals surface area (Å²) in [6.07, 6.45) is 3.43. The number of benzene rings is 1. The van der Waals surface area contributed by atoms with E-state index in [4.69, 9.17) is 16.7 Å². The van der Waals surface area contributed by atoms with Crippen molar-refractivity contribution in [1.82, 2.24) is 5.32 Å². The first-order valence-electron chi connectivity index (χ1n) is 5.91. The van der Waals surface area contributed by atoms with Crippen molar-refractivity contribution in [2.45, 2.75) is 25.3 Å². The van der Waals surface area contributed by atoms with Gasteiger partial charge < -0.3 is 10.4 Å². The van der Waals surface area contributed by atoms with Gasteiger partial charge in [0.15, 0.2) is 0 Å². The van der Waals surface area contributed by atoms with Crippen LogP contribution in [0.25, 0.3) is 0 Å². The summed E-state index contributed by atoms with van der Waals surface area (Å²) in [7, 11) is 0. The minimum Gasteiger partial charge on any atom is -0.396 e. The smallest absolute Gasteiger partial charge is 0.0443 e. The van der Waals surface area contributed by atoms with Crippen LogP contribution in [0.4, 0.5) is 0 Å². The van der Waals surface area contributed by atoms with Crippen LogP contribution in [-0.4, -0.2) is 18.3 Å². The van der Waals surface area contributed by atoms with Gasteiger partial charge in [0, 0.05) is 17.7 Å². The van der Waals surface area contributed by atoms with Crippen LogP contribution in [0.3, 0.4) is 0 Å². The highest BCUT2D eigenvalue weighted by atomic mass is 35.5. The summed E-state index contributed by atoms with van der Waals surface area (Å²) in [6.45, 7) is 1.13. The van der Waals surface area contributed by atoms with E-state index in [1.807, 2.05) is 12.1 Å². The second-order valence-corrected chi connectivity index (χ2v) is 4.83. The maximum absolute atomic E-state index is 8.78. The molecule has 0 bridgehead atoms. The molecule has 1 saturated carbocycles. The Balaban J connectivity index is 1.98. The number of hydrogen-bond donors (Lipinski definition) is 2. The molecule has 0 radical (unpaired) electrons. The molecule has 0 saturated heterocycles. The van der Waals surface area contributed by atoms with E-state index < -0.39 is 0 Å². The van der Waals surface area contributed by atoms with Gasteiger partial charge in [-0.2, -0.15) is 0 Å². The lowest BCUT2D eigenvalue weighted by atomic mass is 10.0. The van der Waals surface area contributed by atoms with Gasteiger partial charge in [0.25, 0.3) is 0 Å². The van der Waals surface area contributed by atoms with Crippen molar-refractivity contribution in [1.29, 1.82) is 0 Å². The molecule has 0 amide bonds. The van der Waals surface area contributed by atoms with E-state index in [1.165, 1.54) is 18.4 Å². The lowest BCUT2D eigenvalue weighted by Crippen LogP contribution is -2.24. The van der Waals surface area contributed by atoms with Crippen LogP contribution in [0.15, 0.2) is 24.3 Å². The normalized spacial score (nSPS) is 17.4. The first-order chi connectivity index (χ1) is 7.81. The molecule has 1 aromatic carbocycles. The number of rotatable bonds is 6. The van der Waals surface area contributed by atoms with E-state index >= 15 is 0 Å². The van der Waals surface area contributed by atoms with E-state index in [0.717, 1.165) is 23.9 Å². The van der Waals surface area contributed by atoms with E-state index in [1.54, 1.807) is 0 Å². The fourth-order valence-electron chi connectivity index (χ4n) is 1.99. The molecule has 2 rings (SSSR count). The Bertz CT molecular complexity index is 321. The lowest BCUT2D eigenvalue weighted by molar-refractivity contribution is 0.281. The minimum atomic E-state index is 0.255. The molecule has 1 fully saturated rings. The van der Waals surface area contributed by atoms with Crippen molar-refractivity contribution in [2.75, 3.05) is 13.2 Å². The summed E-state index contributed by atoms with van der Waals surface area (Å²) in [5, 5.41) is 13.1. The van der Waals surface area contributed by atoms with Gasteiger partial charge in [0.2, 0.25) is 0 Å². The van der Waals surface area contributed by atoms with Crippen LogP contribution >= 0.6 is 11.6 Å². The molecular weight excluding hydrogens is 222 g/mol. The molecule has 1 atom stereocenters. The molecule has 2 N–H and O–H groups in total. The molecule has 2 nitrogen and oxygen atoms in total. The molecule has 1 unspecified atom stereocenters. The van der Waals surface area contributed by atoms with Gasteiger partial charge in [-0.05, 0) is 49.4 Å². The molecular formula is C13H18ClNO. The Hall–Kier alpha value is -0.570. The first kappa shape index (κ1) is 11.9. The van der Waals surface area contributed by atoms with Crippen molar-refractivity contribution < 1.29 is 5.11 Å². The average molecular weight is 240 g/mol. The largest absolute Gasteiger partial charge is 0.396 e. The molecule has 0 aliphatic heterocycles. The Kier molecular flexibility index (Phi) is 4.22.